The first-order valence-corrected chi connectivity index (χ1v) is 6.84. The van der Waals surface area contributed by atoms with E-state index in [1.807, 2.05) is 6.07 Å². The number of amides is 2. The van der Waals surface area contributed by atoms with E-state index in [1.54, 1.807) is 18.2 Å². The molecule has 0 aromatic heterocycles. The average molecular weight is 329 g/mol. The van der Waals surface area contributed by atoms with Crippen molar-refractivity contribution in [3.63, 3.8) is 0 Å². The van der Waals surface area contributed by atoms with Crippen LogP contribution in [0.4, 0.5) is 0 Å². The minimum absolute atomic E-state index is 0.0563. The van der Waals surface area contributed by atoms with Gasteiger partial charge in [0.2, 0.25) is 5.91 Å². The van der Waals surface area contributed by atoms with Gasteiger partial charge in [-0.15, -0.1) is 0 Å². The summed E-state index contributed by atoms with van der Waals surface area (Å²) in [5.41, 5.74) is 0.496. The molecule has 0 saturated carbocycles. The van der Waals surface area contributed by atoms with Crippen LogP contribution >= 0.6 is 15.9 Å². The van der Waals surface area contributed by atoms with Crippen molar-refractivity contribution in [2.24, 2.45) is 0 Å². The quantitative estimate of drug-likeness (QED) is 0.655. The summed E-state index contributed by atoms with van der Waals surface area (Å²) < 4.78 is 0.691. The zero-order valence-electron chi connectivity index (χ0n) is 10.5. The van der Waals surface area contributed by atoms with Crippen molar-refractivity contribution in [1.29, 1.82) is 0 Å². The Morgan fingerprint density at radius 1 is 1.16 bits per heavy atom. The highest BCUT2D eigenvalue weighted by molar-refractivity contribution is 9.10. The summed E-state index contributed by atoms with van der Waals surface area (Å²) in [6.07, 6.45) is 1.38. The number of aliphatic hydroxyl groups is 1. The predicted octanol–water partition coefficient (Wildman–Crippen LogP) is 1.07. The number of carbonyl (C=O) groups is 2. The molecule has 6 heteroatoms. The van der Waals surface area contributed by atoms with Crippen LogP contribution < -0.4 is 10.6 Å². The Labute approximate surface area is 120 Å². The lowest BCUT2D eigenvalue weighted by Gasteiger charge is -2.07. The highest BCUT2D eigenvalue weighted by Gasteiger charge is 2.10. The Morgan fingerprint density at radius 3 is 2.58 bits per heavy atom. The molecule has 0 fully saturated rings. The van der Waals surface area contributed by atoms with Crippen molar-refractivity contribution in [3.8, 4) is 0 Å². The molecular weight excluding hydrogens is 312 g/mol. The third-order valence-corrected chi connectivity index (χ3v) is 3.13. The van der Waals surface area contributed by atoms with Crippen LogP contribution in [0.25, 0.3) is 0 Å². The van der Waals surface area contributed by atoms with Gasteiger partial charge in [-0.2, -0.15) is 0 Å². The number of unbranched alkanes of at least 4 members (excludes halogenated alkanes) is 1. The maximum Gasteiger partial charge on any atom is 0.252 e. The molecule has 0 bridgehead atoms. The van der Waals surface area contributed by atoms with Crippen molar-refractivity contribution in [3.05, 3.63) is 34.3 Å². The van der Waals surface area contributed by atoms with Gasteiger partial charge < -0.3 is 15.7 Å². The summed E-state index contributed by atoms with van der Waals surface area (Å²) in [5, 5.41) is 13.8. The van der Waals surface area contributed by atoms with Gasteiger partial charge in [0, 0.05) is 17.6 Å². The van der Waals surface area contributed by atoms with Gasteiger partial charge in [-0.1, -0.05) is 12.1 Å². The lowest BCUT2D eigenvalue weighted by atomic mass is 10.2. The SMILES string of the molecule is O=C(CNC(=O)c1ccccc1Br)NCCCCO. The molecule has 0 aliphatic heterocycles. The Kier molecular flexibility index (Phi) is 7.14. The molecule has 0 saturated heterocycles. The number of halogens is 1. The van der Waals surface area contributed by atoms with Gasteiger partial charge in [-0.3, -0.25) is 9.59 Å². The fraction of sp³-hybridized carbons (Fsp3) is 0.385. The summed E-state index contributed by atoms with van der Waals surface area (Å²) in [6, 6.07) is 7.02. The first-order valence-electron chi connectivity index (χ1n) is 6.05. The molecule has 1 rings (SSSR count). The van der Waals surface area contributed by atoms with Gasteiger partial charge >= 0.3 is 0 Å². The zero-order valence-corrected chi connectivity index (χ0v) is 12.1. The molecule has 0 unspecified atom stereocenters. The fourth-order valence-corrected chi connectivity index (χ4v) is 1.89. The van der Waals surface area contributed by atoms with Crippen molar-refractivity contribution in [1.82, 2.24) is 10.6 Å². The molecule has 0 aliphatic carbocycles. The number of hydrogen-bond donors (Lipinski definition) is 3. The van der Waals surface area contributed by atoms with Gasteiger partial charge in [0.25, 0.3) is 5.91 Å². The number of aliphatic hydroxyl groups excluding tert-OH is 1. The third-order valence-electron chi connectivity index (χ3n) is 2.44. The van der Waals surface area contributed by atoms with E-state index in [0.717, 1.165) is 6.42 Å². The highest BCUT2D eigenvalue weighted by atomic mass is 79.9. The van der Waals surface area contributed by atoms with Crippen LogP contribution in [0.3, 0.4) is 0 Å². The fourth-order valence-electron chi connectivity index (χ4n) is 1.43. The van der Waals surface area contributed by atoms with Crippen LogP contribution in [0.2, 0.25) is 0 Å². The molecule has 1 aromatic carbocycles. The Hall–Kier alpha value is -1.40. The summed E-state index contributed by atoms with van der Waals surface area (Å²) >= 11 is 3.28. The van der Waals surface area contributed by atoms with E-state index in [1.165, 1.54) is 0 Å². The summed E-state index contributed by atoms with van der Waals surface area (Å²) in [4.78, 5) is 23.2. The van der Waals surface area contributed by atoms with E-state index in [-0.39, 0.29) is 25.0 Å². The minimum atomic E-state index is -0.294. The van der Waals surface area contributed by atoms with E-state index in [4.69, 9.17) is 5.11 Å². The van der Waals surface area contributed by atoms with Crippen molar-refractivity contribution in [2.45, 2.75) is 12.8 Å². The standard InChI is InChI=1S/C13H17BrN2O3/c14-11-6-2-1-5-10(11)13(19)16-9-12(18)15-7-3-4-8-17/h1-2,5-6,17H,3-4,7-9H2,(H,15,18)(H,16,19). The maximum absolute atomic E-state index is 11.8. The highest BCUT2D eigenvalue weighted by Crippen LogP contribution is 2.15. The van der Waals surface area contributed by atoms with Crippen LogP contribution in [0.15, 0.2) is 28.7 Å². The van der Waals surface area contributed by atoms with Crippen LogP contribution in [-0.2, 0) is 4.79 Å². The van der Waals surface area contributed by atoms with Gasteiger partial charge in [0.1, 0.15) is 0 Å². The van der Waals surface area contributed by atoms with Crippen LogP contribution in [-0.4, -0.2) is 36.6 Å². The lowest BCUT2D eigenvalue weighted by molar-refractivity contribution is -0.120. The molecule has 0 heterocycles. The largest absolute Gasteiger partial charge is 0.396 e. The maximum atomic E-state index is 11.8. The van der Waals surface area contributed by atoms with E-state index in [9.17, 15) is 9.59 Å². The summed E-state index contributed by atoms with van der Waals surface area (Å²) in [7, 11) is 0. The van der Waals surface area contributed by atoms with Crippen molar-refractivity contribution < 1.29 is 14.7 Å². The van der Waals surface area contributed by atoms with Crippen LogP contribution in [0.5, 0.6) is 0 Å². The van der Waals surface area contributed by atoms with E-state index in [0.29, 0.717) is 23.0 Å². The van der Waals surface area contributed by atoms with Gasteiger partial charge in [-0.25, -0.2) is 0 Å². The molecule has 0 aliphatic rings. The monoisotopic (exact) mass is 328 g/mol. The van der Waals surface area contributed by atoms with E-state index >= 15 is 0 Å². The number of benzene rings is 1. The molecule has 0 spiro atoms. The van der Waals surface area contributed by atoms with Gasteiger partial charge in [0.05, 0.1) is 12.1 Å². The topological polar surface area (TPSA) is 78.4 Å². The lowest BCUT2D eigenvalue weighted by Crippen LogP contribution is -2.37. The van der Waals surface area contributed by atoms with Crippen LogP contribution in [0, 0.1) is 0 Å². The molecule has 1 aromatic rings. The Bertz CT molecular complexity index is 438. The number of hydrogen-bond acceptors (Lipinski definition) is 3. The molecule has 5 nitrogen and oxygen atoms in total. The van der Waals surface area contributed by atoms with Crippen molar-refractivity contribution >= 4 is 27.7 Å². The second kappa shape index (κ2) is 8.66. The third kappa shape index (κ3) is 5.85. The van der Waals surface area contributed by atoms with Gasteiger partial charge in [0.15, 0.2) is 0 Å². The van der Waals surface area contributed by atoms with Gasteiger partial charge in [-0.05, 0) is 40.9 Å². The molecule has 0 radical (unpaired) electrons. The Balaban J connectivity index is 2.30. The zero-order chi connectivity index (χ0) is 14.1. The molecule has 2 amide bonds. The molecular formula is C13H17BrN2O3. The second-order valence-corrected chi connectivity index (χ2v) is 4.80. The second-order valence-electron chi connectivity index (χ2n) is 3.94. The van der Waals surface area contributed by atoms with Crippen molar-refractivity contribution in [2.75, 3.05) is 19.7 Å². The summed E-state index contributed by atoms with van der Waals surface area (Å²) in [6.45, 7) is 0.568. The van der Waals surface area contributed by atoms with E-state index in [2.05, 4.69) is 26.6 Å². The number of rotatable bonds is 7. The molecule has 104 valence electrons. The number of carbonyl (C=O) groups excluding carboxylic acids is 2. The normalized spacial score (nSPS) is 10.0. The van der Waals surface area contributed by atoms with E-state index < -0.39 is 0 Å². The smallest absolute Gasteiger partial charge is 0.252 e. The predicted molar refractivity (Wildman–Crippen MR) is 75.8 cm³/mol. The molecule has 3 N–H and O–H groups in total. The number of nitrogens with one attached hydrogen (secondary N) is 2. The molecule has 19 heavy (non-hydrogen) atoms. The van der Waals surface area contributed by atoms with Crippen LogP contribution in [0.1, 0.15) is 23.2 Å². The Morgan fingerprint density at radius 2 is 1.89 bits per heavy atom. The molecule has 0 atom stereocenters. The first kappa shape index (κ1) is 15.7. The first-order chi connectivity index (χ1) is 9.15. The average Bonchev–Trinajstić information content (AvgIpc) is 2.41. The minimum Gasteiger partial charge on any atom is -0.396 e. The summed E-state index contributed by atoms with van der Waals surface area (Å²) in [5.74, 6) is -0.531.